The summed E-state index contributed by atoms with van der Waals surface area (Å²) in [6.07, 6.45) is 4.37. The maximum atomic E-state index is 14.0. The molecule has 0 spiro atoms. The lowest BCUT2D eigenvalue weighted by Crippen LogP contribution is -2.22. The van der Waals surface area contributed by atoms with Crippen LogP contribution in [0, 0.1) is 5.82 Å². The fourth-order valence-corrected chi connectivity index (χ4v) is 2.66. The third-order valence-electron chi connectivity index (χ3n) is 3.73. The molecule has 20 heavy (non-hydrogen) atoms. The van der Waals surface area contributed by atoms with E-state index in [-0.39, 0.29) is 5.82 Å². The molecule has 1 N–H and O–H groups in total. The van der Waals surface area contributed by atoms with Crippen molar-refractivity contribution in [3.05, 3.63) is 65.5 Å². The van der Waals surface area contributed by atoms with E-state index in [0.29, 0.717) is 5.56 Å². The van der Waals surface area contributed by atoms with Gasteiger partial charge < -0.3 is 5.32 Å². The average molecular weight is 267 g/mol. The third kappa shape index (κ3) is 2.81. The van der Waals surface area contributed by atoms with Gasteiger partial charge in [-0.25, -0.2) is 4.39 Å². The molecule has 2 aromatic rings. The van der Waals surface area contributed by atoms with E-state index in [0.717, 1.165) is 37.1 Å². The number of hydrogen-bond acceptors (Lipinski definition) is 1. The minimum absolute atomic E-state index is 0.163. The van der Waals surface area contributed by atoms with Gasteiger partial charge in [-0.05, 0) is 43.1 Å². The Bertz CT molecular complexity index is 623. The van der Waals surface area contributed by atoms with Gasteiger partial charge in [-0.2, -0.15) is 0 Å². The van der Waals surface area contributed by atoms with E-state index in [1.165, 1.54) is 11.6 Å². The first-order valence-corrected chi connectivity index (χ1v) is 7.09. The fraction of sp³-hybridized carbons (Fsp3) is 0.222. The van der Waals surface area contributed by atoms with Gasteiger partial charge in [0.05, 0.1) is 0 Å². The van der Waals surface area contributed by atoms with Crippen LogP contribution < -0.4 is 5.32 Å². The minimum atomic E-state index is -0.163. The molecule has 0 radical (unpaired) electrons. The molecule has 0 aliphatic carbocycles. The van der Waals surface area contributed by atoms with Gasteiger partial charge in [0.25, 0.3) is 0 Å². The zero-order chi connectivity index (χ0) is 13.8. The second kappa shape index (κ2) is 6.02. The molecule has 1 aliphatic rings. The van der Waals surface area contributed by atoms with Crippen molar-refractivity contribution >= 4 is 6.08 Å². The number of rotatable bonds is 2. The molecule has 0 atom stereocenters. The Morgan fingerprint density at radius 3 is 2.25 bits per heavy atom. The molecule has 102 valence electrons. The van der Waals surface area contributed by atoms with E-state index in [1.54, 1.807) is 6.07 Å². The van der Waals surface area contributed by atoms with Crippen LogP contribution in [0.2, 0.25) is 0 Å². The predicted octanol–water partition coefficient (Wildman–Crippen LogP) is 4.26. The first-order chi connectivity index (χ1) is 9.84. The van der Waals surface area contributed by atoms with Crippen molar-refractivity contribution in [3.8, 4) is 11.1 Å². The van der Waals surface area contributed by atoms with Gasteiger partial charge in [0.15, 0.2) is 0 Å². The van der Waals surface area contributed by atoms with E-state index in [4.69, 9.17) is 0 Å². The molecule has 0 bridgehead atoms. The normalized spacial score (nSPS) is 15.2. The maximum absolute atomic E-state index is 14.0. The van der Waals surface area contributed by atoms with Gasteiger partial charge >= 0.3 is 0 Å². The fourth-order valence-electron chi connectivity index (χ4n) is 2.66. The van der Waals surface area contributed by atoms with Crippen molar-refractivity contribution in [2.75, 3.05) is 13.1 Å². The van der Waals surface area contributed by atoms with Gasteiger partial charge in [-0.1, -0.05) is 54.1 Å². The van der Waals surface area contributed by atoms with E-state index in [1.807, 2.05) is 30.3 Å². The van der Waals surface area contributed by atoms with Crippen molar-refractivity contribution in [2.24, 2.45) is 0 Å². The Balaban J connectivity index is 2.02. The van der Waals surface area contributed by atoms with Gasteiger partial charge in [-0.15, -0.1) is 0 Å². The quantitative estimate of drug-likeness (QED) is 0.857. The topological polar surface area (TPSA) is 12.0 Å². The molecule has 1 heterocycles. The number of nitrogens with one attached hydrogen (secondary N) is 1. The zero-order valence-corrected chi connectivity index (χ0v) is 11.4. The van der Waals surface area contributed by atoms with Gasteiger partial charge in [0.1, 0.15) is 5.82 Å². The van der Waals surface area contributed by atoms with Crippen LogP contribution in [0.25, 0.3) is 17.2 Å². The Morgan fingerprint density at radius 1 is 0.850 bits per heavy atom. The molecule has 1 saturated heterocycles. The van der Waals surface area contributed by atoms with Crippen LogP contribution in [0.1, 0.15) is 18.4 Å². The number of piperidine rings is 1. The van der Waals surface area contributed by atoms with Crippen LogP contribution in [0.3, 0.4) is 0 Å². The Hall–Kier alpha value is -1.93. The molecule has 0 amide bonds. The van der Waals surface area contributed by atoms with Crippen LogP contribution in [-0.4, -0.2) is 13.1 Å². The SMILES string of the molecule is Fc1ccccc1-c1ccccc1C=C1CCNCC1. The first-order valence-electron chi connectivity index (χ1n) is 7.09. The van der Waals surface area contributed by atoms with Crippen molar-refractivity contribution < 1.29 is 4.39 Å². The van der Waals surface area contributed by atoms with E-state index in [2.05, 4.69) is 17.5 Å². The molecule has 3 rings (SSSR count). The predicted molar refractivity (Wildman–Crippen MR) is 81.9 cm³/mol. The molecule has 0 aromatic heterocycles. The largest absolute Gasteiger partial charge is 0.316 e. The highest BCUT2D eigenvalue weighted by atomic mass is 19.1. The van der Waals surface area contributed by atoms with Crippen molar-refractivity contribution in [1.29, 1.82) is 0 Å². The molecule has 2 heteroatoms. The van der Waals surface area contributed by atoms with Gasteiger partial charge in [-0.3, -0.25) is 0 Å². The van der Waals surface area contributed by atoms with Crippen LogP contribution in [-0.2, 0) is 0 Å². The van der Waals surface area contributed by atoms with Crippen molar-refractivity contribution in [1.82, 2.24) is 5.32 Å². The van der Waals surface area contributed by atoms with Crippen molar-refractivity contribution in [3.63, 3.8) is 0 Å². The summed E-state index contributed by atoms with van der Waals surface area (Å²) in [6.45, 7) is 2.07. The summed E-state index contributed by atoms with van der Waals surface area (Å²) in [5.74, 6) is -0.163. The highest BCUT2D eigenvalue weighted by Gasteiger charge is 2.09. The molecule has 0 saturated carbocycles. The summed E-state index contributed by atoms with van der Waals surface area (Å²) >= 11 is 0. The summed E-state index contributed by atoms with van der Waals surface area (Å²) in [5, 5.41) is 3.36. The van der Waals surface area contributed by atoms with Gasteiger partial charge in [0.2, 0.25) is 0 Å². The van der Waals surface area contributed by atoms with Gasteiger partial charge in [0, 0.05) is 5.56 Å². The second-order valence-corrected chi connectivity index (χ2v) is 5.12. The Morgan fingerprint density at radius 2 is 1.50 bits per heavy atom. The maximum Gasteiger partial charge on any atom is 0.131 e. The van der Waals surface area contributed by atoms with E-state index >= 15 is 0 Å². The smallest absolute Gasteiger partial charge is 0.131 e. The Kier molecular flexibility index (Phi) is 3.93. The first kappa shape index (κ1) is 13.1. The highest BCUT2D eigenvalue weighted by Crippen LogP contribution is 2.28. The lowest BCUT2D eigenvalue weighted by molar-refractivity contribution is 0.613. The van der Waals surface area contributed by atoms with Crippen LogP contribution in [0.5, 0.6) is 0 Å². The summed E-state index contributed by atoms with van der Waals surface area (Å²) in [6, 6.07) is 15.0. The van der Waals surface area contributed by atoms with Crippen LogP contribution in [0.15, 0.2) is 54.1 Å². The van der Waals surface area contributed by atoms with Crippen molar-refractivity contribution in [2.45, 2.75) is 12.8 Å². The standard InChI is InChI=1S/C18H18FN/c19-18-8-4-3-7-17(18)16-6-2-1-5-15(16)13-14-9-11-20-12-10-14/h1-8,13,20H,9-12H2. The lowest BCUT2D eigenvalue weighted by atomic mass is 9.95. The molecule has 1 nitrogen and oxygen atoms in total. The molecular formula is C18H18FN. The average Bonchev–Trinajstić information content (AvgIpc) is 2.50. The second-order valence-electron chi connectivity index (χ2n) is 5.12. The van der Waals surface area contributed by atoms with E-state index < -0.39 is 0 Å². The third-order valence-corrected chi connectivity index (χ3v) is 3.73. The van der Waals surface area contributed by atoms with Crippen LogP contribution in [0.4, 0.5) is 4.39 Å². The number of halogens is 1. The highest BCUT2D eigenvalue weighted by molar-refractivity contribution is 5.76. The monoisotopic (exact) mass is 267 g/mol. The summed E-state index contributed by atoms with van der Waals surface area (Å²) < 4.78 is 14.0. The Labute approximate surface area is 119 Å². The summed E-state index contributed by atoms with van der Waals surface area (Å²) in [4.78, 5) is 0. The molecular weight excluding hydrogens is 249 g/mol. The van der Waals surface area contributed by atoms with Crippen LogP contribution >= 0.6 is 0 Å². The number of hydrogen-bond donors (Lipinski definition) is 1. The lowest BCUT2D eigenvalue weighted by Gasteiger charge is -2.16. The zero-order valence-electron chi connectivity index (χ0n) is 11.4. The summed E-state index contributed by atoms with van der Waals surface area (Å²) in [5.41, 5.74) is 4.19. The molecule has 1 fully saturated rings. The number of benzene rings is 2. The minimum Gasteiger partial charge on any atom is -0.316 e. The molecule has 2 aromatic carbocycles. The van der Waals surface area contributed by atoms with E-state index in [9.17, 15) is 4.39 Å². The molecule has 0 unspecified atom stereocenters. The molecule has 1 aliphatic heterocycles. The summed E-state index contributed by atoms with van der Waals surface area (Å²) in [7, 11) is 0.